The zero-order chi connectivity index (χ0) is 10.7. The minimum Gasteiger partial charge on any atom is -0.490 e. The van der Waals surface area contributed by atoms with E-state index in [-0.39, 0.29) is 0 Å². The van der Waals surface area contributed by atoms with Crippen molar-refractivity contribution in [2.45, 2.75) is 6.92 Å². The minimum absolute atomic E-state index is 0.622. The first-order chi connectivity index (χ1) is 7.31. The maximum atomic E-state index is 5.47. The molecule has 2 rings (SSSR count). The molecule has 0 radical (unpaired) electrons. The third kappa shape index (κ3) is 2.28. The van der Waals surface area contributed by atoms with Crippen LogP contribution in [0.3, 0.4) is 0 Å². The lowest BCUT2D eigenvalue weighted by atomic mass is 10.4. The maximum Gasteiger partial charge on any atom is 0.196 e. The molecule has 4 nitrogen and oxygen atoms in total. The standard InChI is InChI=1S/C10H10IN3O/c1-2-15-9-4-3-5-12-10(9)14-7-8(11)6-13-14/h3-7H,2H2,1H3. The van der Waals surface area contributed by atoms with E-state index in [0.717, 1.165) is 15.1 Å². The Morgan fingerprint density at radius 1 is 1.53 bits per heavy atom. The first kappa shape index (κ1) is 10.4. The van der Waals surface area contributed by atoms with Gasteiger partial charge >= 0.3 is 0 Å². The first-order valence-corrected chi connectivity index (χ1v) is 5.67. The van der Waals surface area contributed by atoms with Crippen molar-refractivity contribution in [2.24, 2.45) is 0 Å². The Balaban J connectivity index is 2.42. The fourth-order valence-corrected chi connectivity index (χ4v) is 1.63. The Bertz CT molecular complexity index is 455. The largest absolute Gasteiger partial charge is 0.490 e. The van der Waals surface area contributed by atoms with Crippen LogP contribution in [0, 0.1) is 3.57 Å². The molecule has 5 heteroatoms. The highest BCUT2D eigenvalue weighted by Crippen LogP contribution is 2.19. The predicted octanol–water partition coefficient (Wildman–Crippen LogP) is 2.27. The molecule has 0 aliphatic heterocycles. The molecule has 15 heavy (non-hydrogen) atoms. The summed E-state index contributed by atoms with van der Waals surface area (Å²) in [5, 5.41) is 4.20. The molecule has 0 amide bonds. The molecule has 0 aromatic carbocycles. The van der Waals surface area contributed by atoms with E-state index in [9.17, 15) is 0 Å². The molecule has 0 aliphatic rings. The summed E-state index contributed by atoms with van der Waals surface area (Å²) in [4.78, 5) is 4.25. The van der Waals surface area contributed by atoms with E-state index in [1.54, 1.807) is 17.1 Å². The predicted molar refractivity (Wildman–Crippen MR) is 65.2 cm³/mol. The molecule has 0 saturated heterocycles. The van der Waals surface area contributed by atoms with Crippen molar-refractivity contribution >= 4 is 22.6 Å². The number of ether oxygens (including phenoxy) is 1. The zero-order valence-corrected chi connectivity index (χ0v) is 10.4. The molecular formula is C10H10IN3O. The van der Waals surface area contributed by atoms with Gasteiger partial charge in [0, 0.05) is 12.4 Å². The zero-order valence-electron chi connectivity index (χ0n) is 8.22. The van der Waals surface area contributed by atoms with Crippen LogP contribution in [0.5, 0.6) is 5.75 Å². The van der Waals surface area contributed by atoms with Crippen LogP contribution < -0.4 is 4.74 Å². The molecule has 0 bridgehead atoms. The van der Waals surface area contributed by atoms with Gasteiger partial charge in [-0.05, 0) is 41.6 Å². The quantitative estimate of drug-likeness (QED) is 0.816. The Hall–Kier alpha value is -1.11. The molecule has 2 heterocycles. The molecular weight excluding hydrogens is 305 g/mol. The number of aromatic nitrogens is 3. The summed E-state index contributed by atoms with van der Waals surface area (Å²) in [5.74, 6) is 1.47. The third-order valence-corrected chi connectivity index (χ3v) is 2.38. The Morgan fingerprint density at radius 3 is 3.07 bits per heavy atom. The fourth-order valence-electron chi connectivity index (χ4n) is 1.24. The average Bonchev–Trinajstić information content (AvgIpc) is 2.66. The van der Waals surface area contributed by atoms with Gasteiger partial charge < -0.3 is 4.74 Å². The SMILES string of the molecule is CCOc1cccnc1-n1cc(I)cn1. The van der Waals surface area contributed by atoms with E-state index in [1.807, 2.05) is 25.3 Å². The lowest BCUT2D eigenvalue weighted by Gasteiger charge is -2.07. The molecule has 0 unspecified atom stereocenters. The highest BCUT2D eigenvalue weighted by Gasteiger charge is 2.07. The van der Waals surface area contributed by atoms with Crippen LogP contribution in [0.1, 0.15) is 6.92 Å². The second kappa shape index (κ2) is 4.61. The van der Waals surface area contributed by atoms with E-state index in [1.165, 1.54) is 0 Å². The number of pyridine rings is 1. The van der Waals surface area contributed by atoms with Crippen molar-refractivity contribution in [3.8, 4) is 11.6 Å². The molecule has 2 aromatic rings. The summed E-state index contributed by atoms with van der Waals surface area (Å²) in [6.45, 7) is 2.57. The lowest BCUT2D eigenvalue weighted by Crippen LogP contribution is -2.02. The van der Waals surface area contributed by atoms with E-state index < -0.39 is 0 Å². The van der Waals surface area contributed by atoms with E-state index in [2.05, 4.69) is 32.7 Å². The van der Waals surface area contributed by atoms with Crippen molar-refractivity contribution in [3.05, 3.63) is 34.3 Å². The van der Waals surface area contributed by atoms with Crippen molar-refractivity contribution in [1.29, 1.82) is 0 Å². The van der Waals surface area contributed by atoms with Gasteiger partial charge in [0.05, 0.1) is 16.4 Å². The Labute approximate surface area is 101 Å². The Morgan fingerprint density at radius 2 is 2.40 bits per heavy atom. The smallest absolute Gasteiger partial charge is 0.196 e. The maximum absolute atomic E-state index is 5.47. The Kier molecular flexibility index (Phi) is 3.20. The van der Waals surface area contributed by atoms with Gasteiger partial charge in [0.15, 0.2) is 11.6 Å². The van der Waals surface area contributed by atoms with Gasteiger partial charge in [0.25, 0.3) is 0 Å². The normalized spacial score (nSPS) is 10.3. The molecule has 0 spiro atoms. The fraction of sp³-hybridized carbons (Fsp3) is 0.200. The monoisotopic (exact) mass is 315 g/mol. The molecule has 0 N–H and O–H groups in total. The molecule has 2 aromatic heterocycles. The number of hydrogen-bond donors (Lipinski definition) is 0. The van der Waals surface area contributed by atoms with Gasteiger partial charge in [-0.15, -0.1) is 0 Å². The van der Waals surface area contributed by atoms with Crippen LogP contribution >= 0.6 is 22.6 Å². The average molecular weight is 315 g/mol. The molecule has 0 aliphatic carbocycles. The summed E-state index contributed by atoms with van der Waals surface area (Å²) >= 11 is 2.21. The van der Waals surface area contributed by atoms with Crippen LogP contribution in [0.25, 0.3) is 5.82 Å². The van der Waals surface area contributed by atoms with Crippen molar-refractivity contribution in [1.82, 2.24) is 14.8 Å². The number of rotatable bonds is 3. The third-order valence-electron chi connectivity index (χ3n) is 1.82. The van der Waals surface area contributed by atoms with Gasteiger partial charge in [-0.3, -0.25) is 0 Å². The summed E-state index contributed by atoms with van der Waals surface area (Å²) in [6.07, 6.45) is 5.42. The van der Waals surface area contributed by atoms with Gasteiger partial charge in [-0.25, -0.2) is 9.67 Å². The number of halogens is 1. The number of hydrogen-bond acceptors (Lipinski definition) is 3. The highest BCUT2D eigenvalue weighted by atomic mass is 127. The molecule has 0 saturated carbocycles. The highest BCUT2D eigenvalue weighted by molar-refractivity contribution is 14.1. The van der Waals surface area contributed by atoms with Crippen LogP contribution in [-0.2, 0) is 0 Å². The summed E-state index contributed by atoms with van der Waals surface area (Å²) < 4.78 is 8.26. The molecule has 78 valence electrons. The summed E-state index contributed by atoms with van der Waals surface area (Å²) in [6, 6.07) is 3.74. The van der Waals surface area contributed by atoms with Crippen molar-refractivity contribution in [3.63, 3.8) is 0 Å². The van der Waals surface area contributed by atoms with E-state index in [0.29, 0.717) is 6.61 Å². The van der Waals surface area contributed by atoms with Crippen molar-refractivity contribution < 1.29 is 4.74 Å². The topological polar surface area (TPSA) is 39.9 Å². The summed E-state index contributed by atoms with van der Waals surface area (Å²) in [7, 11) is 0. The van der Waals surface area contributed by atoms with Crippen LogP contribution in [0.4, 0.5) is 0 Å². The van der Waals surface area contributed by atoms with Gasteiger partial charge in [0.2, 0.25) is 0 Å². The minimum atomic E-state index is 0.622. The second-order valence-electron chi connectivity index (χ2n) is 2.86. The van der Waals surface area contributed by atoms with Gasteiger partial charge in [-0.1, -0.05) is 0 Å². The second-order valence-corrected chi connectivity index (χ2v) is 4.11. The van der Waals surface area contributed by atoms with Gasteiger partial charge in [-0.2, -0.15) is 5.10 Å². The van der Waals surface area contributed by atoms with Crippen LogP contribution in [0.15, 0.2) is 30.7 Å². The van der Waals surface area contributed by atoms with Gasteiger partial charge in [0.1, 0.15) is 0 Å². The van der Waals surface area contributed by atoms with Crippen LogP contribution in [0.2, 0.25) is 0 Å². The molecule has 0 fully saturated rings. The van der Waals surface area contributed by atoms with E-state index in [4.69, 9.17) is 4.74 Å². The lowest BCUT2D eigenvalue weighted by molar-refractivity contribution is 0.336. The molecule has 0 atom stereocenters. The van der Waals surface area contributed by atoms with Crippen molar-refractivity contribution in [2.75, 3.05) is 6.61 Å². The van der Waals surface area contributed by atoms with E-state index >= 15 is 0 Å². The summed E-state index contributed by atoms with van der Waals surface area (Å²) in [5.41, 5.74) is 0. The number of nitrogens with zero attached hydrogens (tertiary/aromatic N) is 3. The van der Waals surface area contributed by atoms with Crippen LogP contribution in [-0.4, -0.2) is 21.4 Å². The first-order valence-electron chi connectivity index (χ1n) is 4.59.